The summed E-state index contributed by atoms with van der Waals surface area (Å²) >= 11 is 0. The van der Waals surface area contributed by atoms with Gasteiger partial charge in [-0.1, -0.05) is 60.0 Å². The molecular formula is C27H46O2. The van der Waals surface area contributed by atoms with E-state index < -0.39 is 0 Å². The lowest BCUT2D eigenvalue weighted by Crippen LogP contribution is -2.55. The van der Waals surface area contributed by atoms with Crippen molar-refractivity contribution in [2.45, 2.75) is 111 Å². The van der Waals surface area contributed by atoms with Gasteiger partial charge in [0.2, 0.25) is 0 Å². The third kappa shape index (κ3) is 3.55. The van der Waals surface area contributed by atoms with Crippen LogP contribution in [0.25, 0.3) is 0 Å². The van der Waals surface area contributed by atoms with Crippen LogP contribution >= 0.6 is 0 Å². The van der Waals surface area contributed by atoms with Gasteiger partial charge in [-0.25, -0.2) is 0 Å². The number of hydrogen-bond acceptors (Lipinski definition) is 2. The van der Waals surface area contributed by atoms with Gasteiger partial charge in [0.15, 0.2) is 0 Å². The van der Waals surface area contributed by atoms with E-state index in [-0.39, 0.29) is 17.6 Å². The Balaban J connectivity index is 1.55. The Morgan fingerprint density at radius 1 is 0.966 bits per heavy atom. The molecule has 3 fully saturated rings. The van der Waals surface area contributed by atoms with Crippen LogP contribution in [0.3, 0.4) is 0 Å². The zero-order chi connectivity index (χ0) is 21.0. The Bertz CT molecular complexity index is 624. The third-order valence-electron chi connectivity index (χ3n) is 10.3. The normalized spacial score (nSPS) is 47.9. The molecule has 0 radical (unpaired) electrons. The van der Waals surface area contributed by atoms with Crippen molar-refractivity contribution in [2.24, 2.45) is 46.3 Å². The Kier molecular flexibility index (Phi) is 6.01. The molecule has 0 aliphatic heterocycles. The Morgan fingerprint density at radius 3 is 2.45 bits per heavy atom. The molecule has 0 saturated heterocycles. The summed E-state index contributed by atoms with van der Waals surface area (Å²) in [5.41, 5.74) is 1.69. The van der Waals surface area contributed by atoms with Crippen molar-refractivity contribution in [2.75, 3.05) is 0 Å². The smallest absolute Gasteiger partial charge is 0.0758 e. The van der Waals surface area contributed by atoms with Gasteiger partial charge in [-0.2, -0.15) is 0 Å². The van der Waals surface area contributed by atoms with E-state index in [0.29, 0.717) is 23.2 Å². The van der Waals surface area contributed by atoms with Crippen molar-refractivity contribution >= 4 is 0 Å². The average Bonchev–Trinajstić information content (AvgIpc) is 3.00. The molecule has 0 aromatic rings. The molecule has 4 aliphatic rings. The highest BCUT2D eigenvalue weighted by Crippen LogP contribution is 2.67. The van der Waals surface area contributed by atoms with E-state index in [1.54, 1.807) is 0 Å². The number of aliphatic hydroxyl groups excluding tert-OH is 2. The van der Waals surface area contributed by atoms with Gasteiger partial charge >= 0.3 is 0 Å². The quantitative estimate of drug-likeness (QED) is 0.525. The van der Waals surface area contributed by atoms with E-state index in [2.05, 4.69) is 40.7 Å². The van der Waals surface area contributed by atoms with Crippen LogP contribution in [0, 0.1) is 46.3 Å². The van der Waals surface area contributed by atoms with E-state index in [9.17, 15) is 10.2 Å². The van der Waals surface area contributed by atoms with Gasteiger partial charge in [-0.15, -0.1) is 0 Å². The van der Waals surface area contributed by atoms with Crippen molar-refractivity contribution in [3.63, 3.8) is 0 Å². The summed E-state index contributed by atoms with van der Waals surface area (Å²) in [6, 6.07) is 0. The van der Waals surface area contributed by atoms with Crippen LogP contribution in [0.1, 0.15) is 98.8 Å². The molecule has 4 rings (SSSR count). The minimum Gasteiger partial charge on any atom is -0.389 e. The number of rotatable bonds is 5. The summed E-state index contributed by atoms with van der Waals surface area (Å²) in [6.07, 6.45) is 14.0. The molecule has 9 atom stereocenters. The SMILES string of the molecule is CC(C)CCC[C@@H](C)[C@H]1CC[C@H]2[C@@H]3[C@H](O)C=C4C(O)CCC[C@]4(C)[C@H]3CC[C@]12C. The summed E-state index contributed by atoms with van der Waals surface area (Å²) in [4.78, 5) is 0. The van der Waals surface area contributed by atoms with Crippen molar-refractivity contribution < 1.29 is 10.2 Å². The van der Waals surface area contributed by atoms with Crippen LogP contribution in [0.15, 0.2) is 11.6 Å². The molecule has 0 spiro atoms. The van der Waals surface area contributed by atoms with Gasteiger partial charge in [-0.05, 0) is 96.9 Å². The largest absolute Gasteiger partial charge is 0.389 e. The van der Waals surface area contributed by atoms with Crippen LogP contribution in [0.4, 0.5) is 0 Å². The molecule has 3 saturated carbocycles. The van der Waals surface area contributed by atoms with Gasteiger partial charge in [0.1, 0.15) is 0 Å². The van der Waals surface area contributed by atoms with Gasteiger partial charge in [0.05, 0.1) is 12.2 Å². The van der Waals surface area contributed by atoms with Crippen LogP contribution in [0.5, 0.6) is 0 Å². The minimum absolute atomic E-state index is 0.115. The lowest BCUT2D eigenvalue weighted by atomic mass is 9.46. The zero-order valence-electron chi connectivity index (χ0n) is 19.7. The molecule has 4 aliphatic carbocycles. The van der Waals surface area contributed by atoms with Crippen molar-refractivity contribution in [3.05, 3.63) is 11.6 Å². The maximum Gasteiger partial charge on any atom is 0.0758 e. The molecule has 0 aromatic heterocycles. The summed E-state index contributed by atoms with van der Waals surface area (Å²) < 4.78 is 0. The van der Waals surface area contributed by atoms with Gasteiger partial charge < -0.3 is 10.2 Å². The van der Waals surface area contributed by atoms with E-state index in [1.807, 2.05) is 0 Å². The molecule has 2 nitrogen and oxygen atoms in total. The predicted molar refractivity (Wildman–Crippen MR) is 120 cm³/mol. The molecule has 1 unspecified atom stereocenters. The molecule has 29 heavy (non-hydrogen) atoms. The molecule has 0 heterocycles. The fraction of sp³-hybridized carbons (Fsp3) is 0.926. The Morgan fingerprint density at radius 2 is 1.72 bits per heavy atom. The van der Waals surface area contributed by atoms with Crippen molar-refractivity contribution in [3.8, 4) is 0 Å². The van der Waals surface area contributed by atoms with E-state index in [1.165, 1.54) is 56.9 Å². The zero-order valence-corrected chi connectivity index (χ0v) is 19.7. The molecule has 0 aromatic carbocycles. The fourth-order valence-corrected chi connectivity index (χ4v) is 8.78. The highest BCUT2D eigenvalue weighted by Gasteiger charge is 2.61. The van der Waals surface area contributed by atoms with Crippen LogP contribution in [-0.2, 0) is 0 Å². The fourth-order valence-electron chi connectivity index (χ4n) is 8.78. The van der Waals surface area contributed by atoms with E-state index >= 15 is 0 Å². The Labute approximate surface area is 179 Å². The highest BCUT2D eigenvalue weighted by atomic mass is 16.3. The van der Waals surface area contributed by atoms with Gasteiger partial charge in [0, 0.05) is 0 Å². The topological polar surface area (TPSA) is 40.5 Å². The second-order valence-electron chi connectivity index (χ2n) is 12.3. The molecular weight excluding hydrogens is 356 g/mol. The Hall–Kier alpha value is -0.340. The van der Waals surface area contributed by atoms with Crippen molar-refractivity contribution in [1.82, 2.24) is 0 Å². The molecule has 0 amide bonds. The molecule has 2 heteroatoms. The lowest BCUT2D eigenvalue weighted by molar-refractivity contribution is -0.0990. The second kappa shape index (κ2) is 7.97. The van der Waals surface area contributed by atoms with Crippen LogP contribution in [0.2, 0.25) is 0 Å². The molecule has 2 N–H and O–H groups in total. The maximum absolute atomic E-state index is 11.3. The first kappa shape index (κ1) is 21.9. The number of hydrogen-bond donors (Lipinski definition) is 2. The summed E-state index contributed by atoms with van der Waals surface area (Å²) in [5.74, 6) is 4.06. The predicted octanol–water partition coefficient (Wildman–Crippen LogP) is 6.36. The highest BCUT2D eigenvalue weighted by molar-refractivity contribution is 5.29. The standard InChI is InChI=1S/C27H46O2/c1-17(2)8-6-9-18(3)19-11-12-20-25-21(13-15-27(19,20)5)26(4)14-7-10-23(28)22(26)16-24(25)29/h16-21,23-25,28-29H,6-15H2,1-5H3/t18-,19-,20+,21+,23?,24-,25+,26-,27-/m1/s1. The first-order valence-electron chi connectivity index (χ1n) is 12.8. The minimum atomic E-state index is -0.351. The lowest BCUT2D eigenvalue weighted by Gasteiger charge is -2.59. The van der Waals surface area contributed by atoms with E-state index in [4.69, 9.17) is 0 Å². The molecule has 166 valence electrons. The van der Waals surface area contributed by atoms with Gasteiger partial charge in [-0.3, -0.25) is 0 Å². The first-order chi connectivity index (χ1) is 13.7. The maximum atomic E-state index is 11.3. The summed E-state index contributed by atoms with van der Waals surface area (Å²) in [6.45, 7) is 12.2. The second-order valence-corrected chi connectivity index (χ2v) is 12.3. The monoisotopic (exact) mass is 402 g/mol. The van der Waals surface area contributed by atoms with E-state index in [0.717, 1.165) is 30.6 Å². The third-order valence-corrected chi connectivity index (χ3v) is 10.3. The molecule has 0 bridgehead atoms. The van der Waals surface area contributed by atoms with Crippen molar-refractivity contribution in [1.29, 1.82) is 0 Å². The summed E-state index contributed by atoms with van der Waals surface area (Å²) in [5, 5.41) is 21.9. The first-order valence-corrected chi connectivity index (χ1v) is 12.8. The summed E-state index contributed by atoms with van der Waals surface area (Å²) in [7, 11) is 0. The average molecular weight is 403 g/mol. The van der Waals surface area contributed by atoms with Crippen LogP contribution in [-0.4, -0.2) is 22.4 Å². The van der Waals surface area contributed by atoms with Crippen LogP contribution < -0.4 is 0 Å². The number of aliphatic hydroxyl groups is 2. The van der Waals surface area contributed by atoms with Gasteiger partial charge in [0.25, 0.3) is 0 Å². The number of fused-ring (bicyclic) bond motifs is 5.